The number of aromatic nitrogens is 1. The summed E-state index contributed by atoms with van der Waals surface area (Å²) in [5, 5.41) is 11.8. The number of piperazine rings is 1. The Morgan fingerprint density at radius 1 is 1.17 bits per heavy atom. The monoisotopic (exact) mass is 429 g/mol. The van der Waals surface area contributed by atoms with Crippen molar-refractivity contribution in [3.8, 4) is 0 Å². The van der Waals surface area contributed by atoms with Crippen LogP contribution in [0.4, 0.5) is 15.8 Å². The van der Waals surface area contributed by atoms with Crippen LogP contribution in [-0.4, -0.2) is 48.7 Å². The second kappa shape index (κ2) is 8.71. The van der Waals surface area contributed by atoms with Crippen molar-refractivity contribution in [1.29, 1.82) is 0 Å². The maximum Gasteiger partial charge on any atom is 0.357 e. The molecule has 4 rings (SSSR count). The highest BCUT2D eigenvalue weighted by molar-refractivity contribution is 6.31. The second-order valence-electron chi connectivity index (χ2n) is 6.87. The van der Waals surface area contributed by atoms with Crippen molar-refractivity contribution >= 4 is 39.8 Å². The molecule has 1 aromatic heterocycles. The third-order valence-corrected chi connectivity index (χ3v) is 5.17. The molecule has 0 unspecified atom stereocenters. The third kappa shape index (κ3) is 4.23. The average molecular weight is 430 g/mol. The lowest BCUT2D eigenvalue weighted by molar-refractivity contribution is 0.0521. The number of hydrogen-bond donors (Lipinski definition) is 1. The van der Waals surface area contributed by atoms with E-state index in [2.05, 4.69) is 20.2 Å². The lowest BCUT2D eigenvalue weighted by atomic mass is 10.2. The molecule has 0 bridgehead atoms. The minimum atomic E-state index is -0.486. The molecule has 0 aliphatic carbocycles. The van der Waals surface area contributed by atoms with E-state index in [1.807, 2.05) is 5.01 Å². The summed E-state index contributed by atoms with van der Waals surface area (Å²) in [6.07, 6.45) is 0. The van der Waals surface area contributed by atoms with Crippen LogP contribution in [-0.2, 0) is 4.74 Å². The molecule has 1 aliphatic rings. The predicted octanol–water partition coefficient (Wildman–Crippen LogP) is 4.96. The Morgan fingerprint density at radius 3 is 2.60 bits per heavy atom. The molecule has 1 N–H and O–H groups in total. The smallest absolute Gasteiger partial charge is 0.357 e. The quantitative estimate of drug-likeness (QED) is 0.459. The van der Waals surface area contributed by atoms with Crippen molar-refractivity contribution in [1.82, 2.24) is 9.99 Å². The maximum atomic E-state index is 13.1. The van der Waals surface area contributed by atoms with Gasteiger partial charge >= 0.3 is 5.97 Å². The van der Waals surface area contributed by atoms with Crippen LogP contribution in [0.1, 0.15) is 17.4 Å². The molecule has 0 atom stereocenters. The number of aromatic amines is 1. The van der Waals surface area contributed by atoms with Crippen LogP contribution < -0.4 is 4.90 Å². The highest BCUT2D eigenvalue weighted by atomic mass is 35.5. The third-order valence-electron chi connectivity index (χ3n) is 4.93. The Balaban J connectivity index is 1.52. The largest absolute Gasteiger partial charge is 0.461 e. The Hall–Kier alpha value is -3.13. The van der Waals surface area contributed by atoms with Crippen LogP contribution in [0.25, 0.3) is 10.9 Å². The number of benzene rings is 2. The highest BCUT2D eigenvalue weighted by Gasteiger charge is 2.21. The van der Waals surface area contributed by atoms with Gasteiger partial charge in [0.25, 0.3) is 0 Å². The van der Waals surface area contributed by atoms with Gasteiger partial charge in [-0.3, -0.25) is 5.01 Å². The molecule has 0 saturated carbocycles. The number of anilines is 1. The van der Waals surface area contributed by atoms with Gasteiger partial charge in [0.1, 0.15) is 11.5 Å². The molecule has 0 radical (unpaired) electrons. The summed E-state index contributed by atoms with van der Waals surface area (Å²) in [6.45, 7) is 4.78. The van der Waals surface area contributed by atoms with Gasteiger partial charge in [0.05, 0.1) is 19.7 Å². The number of H-pyrrole nitrogens is 1. The van der Waals surface area contributed by atoms with Gasteiger partial charge in [-0.25, -0.2) is 9.18 Å². The first-order chi connectivity index (χ1) is 14.5. The van der Waals surface area contributed by atoms with Crippen molar-refractivity contribution in [3.05, 3.63) is 59.0 Å². The number of ether oxygens (including phenoxy) is 1. The predicted molar refractivity (Wildman–Crippen MR) is 114 cm³/mol. The van der Waals surface area contributed by atoms with Crippen LogP contribution in [0.5, 0.6) is 0 Å². The Morgan fingerprint density at radius 2 is 1.90 bits per heavy atom. The van der Waals surface area contributed by atoms with Gasteiger partial charge in [0.2, 0.25) is 0 Å². The van der Waals surface area contributed by atoms with Gasteiger partial charge in [-0.1, -0.05) is 16.8 Å². The van der Waals surface area contributed by atoms with Crippen LogP contribution in [0, 0.1) is 5.82 Å². The first-order valence-corrected chi connectivity index (χ1v) is 10.1. The number of fused-ring (bicyclic) bond motifs is 1. The zero-order chi connectivity index (χ0) is 21.1. The van der Waals surface area contributed by atoms with E-state index in [9.17, 15) is 9.18 Å². The molecule has 0 amide bonds. The minimum absolute atomic E-state index is 0.248. The fourth-order valence-corrected chi connectivity index (χ4v) is 3.58. The first-order valence-electron chi connectivity index (χ1n) is 9.70. The number of carbonyl (C=O) groups excluding carboxylic acids is 1. The Labute approximate surface area is 178 Å². The molecule has 7 nitrogen and oxygen atoms in total. The summed E-state index contributed by atoms with van der Waals surface area (Å²) in [4.78, 5) is 17.6. The van der Waals surface area contributed by atoms with Crippen LogP contribution in [0.2, 0.25) is 5.02 Å². The zero-order valence-electron chi connectivity index (χ0n) is 16.4. The van der Waals surface area contributed by atoms with Gasteiger partial charge in [-0.2, -0.15) is 0 Å². The summed E-state index contributed by atoms with van der Waals surface area (Å²) >= 11 is 6.13. The van der Waals surface area contributed by atoms with E-state index in [0.717, 1.165) is 24.3 Å². The number of esters is 1. The molecular formula is C21H21ClFN5O2. The zero-order valence-corrected chi connectivity index (χ0v) is 17.2. The lowest BCUT2D eigenvalue weighted by Gasteiger charge is -2.33. The first kappa shape index (κ1) is 20.2. The van der Waals surface area contributed by atoms with Crippen molar-refractivity contribution in [2.45, 2.75) is 6.92 Å². The molecule has 1 aliphatic heterocycles. The van der Waals surface area contributed by atoms with Gasteiger partial charge in [0, 0.05) is 34.7 Å². The molecule has 3 aromatic rings. The molecule has 0 spiro atoms. The SMILES string of the molecule is CCOC(=O)c1[nH]c2ccc(Cl)cc2c1N=NN1CCN(c2ccc(F)cc2)CC1. The second-order valence-corrected chi connectivity index (χ2v) is 7.30. The normalized spacial score (nSPS) is 14.6. The van der Waals surface area contributed by atoms with Crippen molar-refractivity contribution < 1.29 is 13.9 Å². The van der Waals surface area contributed by atoms with Crippen LogP contribution >= 0.6 is 11.6 Å². The number of rotatable bonds is 5. The van der Waals surface area contributed by atoms with Crippen LogP contribution in [0.3, 0.4) is 0 Å². The van der Waals surface area contributed by atoms with E-state index in [0.29, 0.717) is 29.2 Å². The fraction of sp³-hybridized carbons (Fsp3) is 0.286. The molecular weight excluding hydrogens is 409 g/mol. The van der Waals surface area contributed by atoms with E-state index >= 15 is 0 Å². The van der Waals surface area contributed by atoms with E-state index in [1.54, 1.807) is 37.3 Å². The summed E-state index contributed by atoms with van der Waals surface area (Å²) in [5.74, 6) is -0.734. The van der Waals surface area contributed by atoms with Crippen molar-refractivity contribution in [3.63, 3.8) is 0 Å². The fourth-order valence-electron chi connectivity index (χ4n) is 3.41. The average Bonchev–Trinajstić information content (AvgIpc) is 3.11. The minimum Gasteiger partial charge on any atom is -0.461 e. The summed E-state index contributed by atoms with van der Waals surface area (Å²) in [5.41, 5.74) is 2.37. The Kier molecular flexibility index (Phi) is 5.85. The van der Waals surface area contributed by atoms with Gasteiger partial charge in [0.15, 0.2) is 5.69 Å². The van der Waals surface area contributed by atoms with Gasteiger partial charge < -0.3 is 14.6 Å². The number of hydrogen-bond acceptors (Lipinski definition) is 5. The lowest BCUT2D eigenvalue weighted by Crippen LogP contribution is -2.43. The topological polar surface area (TPSA) is 73.3 Å². The summed E-state index contributed by atoms with van der Waals surface area (Å²) < 4.78 is 18.3. The molecule has 1 fully saturated rings. The number of halogens is 2. The summed E-state index contributed by atoms with van der Waals surface area (Å²) in [7, 11) is 0. The molecule has 156 valence electrons. The van der Waals surface area contributed by atoms with Crippen LogP contribution in [0.15, 0.2) is 52.8 Å². The highest BCUT2D eigenvalue weighted by Crippen LogP contribution is 2.33. The van der Waals surface area contributed by atoms with E-state index in [-0.39, 0.29) is 18.1 Å². The van der Waals surface area contributed by atoms with E-state index in [1.165, 1.54) is 12.1 Å². The molecule has 1 saturated heterocycles. The van der Waals surface area contributed by atoms with Gasteiger partial charge in [-0.05, 0) is 49.4 Å². The standard InChI is InChI=1S/C21H21ClFN5O2/c1-2-30-21(29)20-19(17-13-14(22)3-8-18(17)24-20)25-26-28-11-9-27(10-12-28)16-6-4-15(23)5-7-16/h3-8,13,24H,2,9-12H2,1H3. The van der Waals surface area contributed by atoms with E-state index in [4.69, 9.17) is 16.3 Å². The molecule has 2 heterocycles. The molecule has 2 aromatic carbocycles. The molecule has 9 heteroatoms. The maximum absolute atomic E-state index is 13.1. The Bertz CT molecular complexity index is 1070. The van der Waals surface area contributed by atoms with E-state index < -0.39 is 5.97 Å². The molecule has 30 heavy (non-hydrogen) atoms. The number of nitrogens with one attached hydrogen (secondary N) is 1. The van der Waals surface area contributed by atoms with Crippen molar-refractivity contribution in [2.75, 3.05) is 37.7 Å². The number of carbonyl (C=O) groups is 1. The van der Waals surface area contributed by atoms with Crippen molar-refractivity contribution in [2.24, 2.45) is 10.3 Å². The summed E-state index contributed by atoms with van der Waals surface area (Å²) in [6, 6.07) is 11.7. The number of nitrogens with zero attached hydrogens (tertiary/aromatic N) is 4. The van der Waals surface area contributed by atoms with Gasteiger partial charge in [-0.15, -0.1) is 5.11 Å².